The molecule has 1 aromatic heterocycles. The molecule has 0 aliphatic carbocycles. The first-order valence-electron chi connectivity index (χ1n) is 6.82. The highest BCUT2D eigenvalue weighted by molar-refractivity contribution is 7.89. The van der Waals surface area contributed by atoms with Gasteiger partial charge >= 0.3 is 0 Å². The van der Waals surface area contributed by atoms with Gasteiger partial charge in [0.25, 0.3) is 15.9 Å². The number of hydrazine groups is 1. The summed E-state index contributed by atoms with van der Waals surface area (Å²) >= 11 is 0. The number of hydrogen-bond donors (Lipinski definition) is 2. The number of amides is 1. The summed E-state index contributed by atoms with van der Waals surface area (Å²) < 4.78 is 29.6. The summed E-state index contributed by atoms with van der Waals surface area (Å²) in [6.45, 7) is 1.62. The minimum atomic E-state index is -3.86. The number of carbonyl (C=O) groups excluding carboxylic acids is 1. The maximum atomic E-state index is 12.3. The third-order valence-corrected chi connectivity index (χ3v) is 4.68. The molecule has 23 heavy (non-hydrogen) atoms. The van der Waals surface area contributed by atoms with Crippen molar-refractivity contribution < 1.29 is 17.6 Å². The van der Waals surface area contributed by atoms with Crippen LogP contribution in [0, 0.1) is 6.92 Å². The molecule has 0 atom stereocenters. The highest BCUT2D eigenvalue weighted by atomic mass is 32.2. The minimum absolute atomic E-state index is 0.0698. The van der Waals surface area contributed by atoms with Gasteiger partial charge in [0.2, 0.25) is 0 Å². The normalized spacial score (nSPS) is 11.5. The van der Waals surface area contributed by atoms with Gasteiger partial charge < -0.3 is 4.42 Å². The number of rotatable bonds is 4. The second-order valence-corrected chi connectivity index (χ2v) is 6.64. The number of hydrogen-bond acceptors (Lipinski definition) is 4. The monoisotopic (exact) mass is 330 g/mol. The smallest absolute Gasteiger partial charge is 0.269 e. The van der Waals surface area contributed by atoms with Gasteiger partial charge in [-0.25, -0.2) is 8.42 Å². The van der Waals surface area contributed by atoms with Crippen molar-refractivity contribution in [1.82, 2.24) is 10.3 Å². The van der Waals surface area contributed by atoms with E-state index in [1.165, 1.54) is 18.4 Å². The standard InChI is InChI=1S/C16H14N2O4S/c1-11-15(8-9-22-11)16(19)17-18-23(20,21)14-7-6-12-4-2-3-5-13(12)10-14/h2-10,18H,1H3,(H,17,19). The van der Waals surface area contributed by atoms with Crippen LogP contribution in [-0.4, -0.2) is 14.3 Å². The topological polar surface area (TPSA) is 88.4 Å². The average molecular weight is 330 g/mol. The molecule has 0 spiro atoms. The Morgan fingerprint density at radius 3 is 2.48 bits per heavy atom. The zero-order chi connectivity index (χ0) is 16.4. The molecule has 0 bridgehead atoms. The van der Waals surface area contributed by atoms with Gasteiger partial charge in [-0.2, -0.15) is 0 Å². The molecule has 2 N–H and O–H groups in total. The Kier molecular flexibility index (Phi) is 3.89. The van der Waals surface area contributed by atoms with Crippen molar-refractivity contribution in [2.24, 2.45) is 0 Å². The van der Waals surface area contributed by atoms with Gasteiger partial charge in [0.05, 0.1) is 16.7 Å². The number of fused-ring (bicyclic) bond motifs is 1. The predicted octanol–water partition coefficient (Wildman–Crippen LogP) is 2.36. The van der Waals surface area contributed by atoms with E-state index in [1.807, 2.05) is 24.3 Å². The first kappa shape index (κ1) is 15.3. The summed E-state index contributed by atoms with van der Waals surface area (Å²) in [5.41, 5.74) is 2.45. The molecule has 3 aromatic rings. The molecule has 3 rings (SSSR count). The van der Waals surface area contributed by atoms with Gasteiger partial charge in [0.15, 0.2) is 0 Å². The van der Waals surface area contributed by atoms with Crippen LogP contribution in [0.2, 0.25) is 0 Å². The van der Waals surface area contributed by atoms with Gasteiger partial charge in [-0.05, 0) is 35.9 Å². The summed E-state index contributed by atoms with van der Waals surface area (Å²) in [7, 11) is -3.86. The molecule has 1 amide bonds. The van der Waals surface area contributed by atoms with E-state index in [1.54, 1.807) is 19.1 Å². The van der Waals surface area contributed by atoms with E-state index in [-0.39, 0.29) is 10.5 Å². The lowest BCUT2D eigenvalue weighted by Gasteiger charge is -2.09. The lowest BCUT2D eigenvalue weighted by Crippen LogP contribution is -2.41. The third kappa shape index (κ3) is 3.10. The summed E-state index contributed by atoms with van der Waals surface area (Å²) in [5, 5.41) is 1.73. The molecular weight excluding hydrogens is 316 g/mol. The molecule has 0 saturated heterocycles. The van der Waals surface area contributed by atoms with Crippen molar-refractivity contribution >= 4 is 26.7 Å². The number of aryl methyl sites for hydroxylation is 1. The first-order chi connectivity index (χ1) is 11.0. The van der Waals surface area contributed by atoms with Crippen LogP contribution in [0.5, 0.6) is 0 Å². The van der Waals surface area contributed by atoms with Gasteiger partial charge in [0, 0.05) is 0 Å². The minimum Gasteiger partial charge on any atom is -0.469 e. The van der Waals surface area contributed by atoms with Crippen molar-refractivity contribution in [2.45, 2.75) is 11.8 Å². The number of sulfonamides is 1. The second-order valence-electron chi connectivity index (χ2n) is 4.96. The van der Waals surface area contributed by atoms with Gasteiger partial charge in [-0.1, -0.05) is 30.3 Å². The van der Waals surface area contributed by atoms with Crippen molar-refractivity contribution in [2.75, 3.05) is 0 Å². The lowest BCUT2D eigenvalue weighted by molar-refractivity contribution is 0.0943. The Bertz CT molecular complexity index is 976. The van der Waals surface area contributed by atoms with Crippen LogP contribution < -0.4 is 10.3 Å². The van der Waals surface area contributed by atoms with E-state index in [0.29, 0.717) is 5.76 Å². The predicted molar refractivity (Wildman–Crippen MR) is 85.2 cm³/mol. The van der Waals surface area contributed by atoms with E-state index in [2.05, 4.69) is 10.3 Å². The van der Waals surface area contributed by atoms with E-state index in [0.717, 1.165) is 10.8 Å². The summed E-state index contributed by atoms with van der Waals surface area (Å²) in [4.78, 5) is 14.1. The molecule has 0 saturated carbocycles. The molecule has 7 heteroatoms. The van der Waals surface area contributed by atoms with E-state index < -0.39 is 15.9 Å². The van der Waals surface area contributed by atoms with Crippen molar-refractivity contribution in [1.29, 1.82) is 0 Å². The van der Waals surface area contributed by atoms with Gasteiger partial charge in [-0.15, -0.1) is 4.83 Å². The van der Waals surface area contributed by atoms with Crippen LogP contribution in [-0.2, 0) is 10.0 Å². The van der Waals surface area contributed by atoms with E-state index >= 15 is 0 Å². The van der Waals surface area contributed by atoms with Crippen LogP contribution in [0.15, 0.2) is 64.1 Å². The Labute approximate surface area is 133 Å². The molecule has 1 heterocycles. The number of furan rings is 1. The Morgan fingerprint density at radius 2 is 1.78 bits per heavy atom. The molecule has 6 nitrogen and oxygen atoms in total. The first-order valence-corrected chi connectivity index (χ1v) is 8.31. The Morgan fingerprint density at radius 1 is 1.04 bits per heavy atom. The molecular formula is C16H14N2O4S. The largest absolute Gasteiger partial charge is 0.469 e. The molecule has 0 aliphatic heterocycles. The fraction of sp³-hybridized carbons (Fsp3) is 0.0625. The highest BCUT2D eigenvalue weighted by Crippen LogP contribution is 2.18. The summed E-state index contributed by atoms with van der Waals surface area (Å²) in [6.07, 6.45) is 1.36. The second kappa shape index (κ2) is 5.86. The van der Waals surface area contributed by atoms with Gasteiger partial charge in [-0.3, -0.25) is 10.2 Å². The lowest BCUT2D eigenvalue weighted by atomic mass is 10.1. The van der Waals surface area contributed by atoms with Crippen LogP contribution >= 0.6 is 0 Å². The number of carbonyl (C=O) groups is 1. The maximum Gasteiger partial charge on any atom is 0.269 e. The maximum absolute atomic E-state index is 12.3. The Hall–Kier alpha value is -2.64. The van der Waals surface area contributed by atoms with E-state index in [9.17, 15) is 13.2 Å². The number of nitrogens with one attached hydrogen (secondary N) is 2. The van der Waals surface area contributed by atoms with Crippen LogP contribution in [0.3, 0.4) is 0 Å². The van der Waals surface area contributed by atoms with Crippen LogP contribution in [0.1, 0.15) is 16.1 Å². The fourth-order valence-electron chi connectivity index (χ4n) is 2.19. The van der Waals surface area contributed by atoms with Crippen molar-refractivity contribution in [3.63, 3.8) is 0 Å². The zero-order valence-corrected chi connectivity index (χ0v) is 13.1. The fourth-order valence-corrected chi connectivity index (χ4v) is 3.07. The highest BCUT2D eigenvalue weighted by Gasteiger charge is 2.17. The van der Waals surface area contributed by atoms with Crippen molar-refractivity contribution in [3.8, 4) is 0 Å². The number of benzene rings is 2. The van der Waals surface area contributed by atoms with Crippen LogP contribution in [0.25, 0.3) is 10.8 Å². The molecule has 0 radical (unpaired) electrons. The van der Waals surface area contributed by atoms with Crippen molar-refractivity contribution in [3.05, 3.63) is 66.1 Å². The molecule has 118 valence electrons. The SMILES string of the molecule is Cc1occc1C(=O)NNS(=O)(=O)c1ccc2ccccc2c1. The molecule has 2 aromatic carbocycles. The van der Waals surface area contributed by atoms with E-state index in [4.69, 9.17) is 4.42 Å². The molecule has 0 unspecified atom stereocenters. The van der Waals surface area contributed by atoms with Crippen LogP contribution in [0.4, 0.5) is 0 Å². The third-order valence-electron chi connectivity index (χ3n) is 3.43. The average Bonchev–Trinajstić information content (AvgIpc) is 2.98. The van der Waals surface area contributed by atoms with Gasteiger partial charge in [0.1, 0.15) is 5.76 Å². The molecule has 0 fully saturated rings. The quantitative estimate of drug-likeness (QED) is 0.719. The zero-order valence-electron chi connectivity index (χ0n) is 12.2. The molecule has 0 aliphatic rings. The Balaban J connectivity index is 1.80. The summed E-state index contributed by atoms with van der Waals surface area (Å²) in [5.74, 6) is -0.173. The summed E-state index contributed by atoms with van der Waals surface area (Å²) in [6, 6.07) is 13.6.